The molecule has 0 radical (unpaired) electrons. The van der Waals surface area contributed by atoms with Crippen LogP contribution in [0.25, 0.3) is 0 Å². The summed E-state index contributed by atoms with van der Waals surface area (Å²) in [4.78, 5) is 24.0. The molecule has 0 fully saturated rings. The summed E-state index contributed by atoms with van der Waals surface area (Å²) in [5.41, 5.74) is 1.90. The summed E-state index contributed by atoms with van der Waals surface area (Å²) in [5.74, 6) is 0.257. The molecule has 0 bridgehead atoms. The second-order valence-corrected chi connectivity index (χ2v) is 6.95. The van der Waals surface area contributed by atoms with Gasteiger partial charge in [-0.1, -0.05) is 49.7 Å². The number of nitrogens with one attached hydrogen (secondary N) is 3. The van der Waals surface area contributed by atoms with Crippen molar-refractivity contribution in [2.24, 2.45) is 5.92 Å². The standard InChI is InChI=1S/C20H24ClN3O3/c1-13(2)12-27-20(26)24-16-8-6-7-15(11-16)23-19(25)22-14(3)17-9-4-5-10-18(17)21/h4-11,13-14H,12H2,1-3H3,(H,24,26)(H2,22,23,25). The Kier molecular flexibility index (Phi) is 7.49. The number of hydrogen-bond donors (Lipinski definition) is 3. The molecule has 0 aliphatic carbocycles. The van der Waals surface area contributed by atoms with Gasteiger partial charge in [-0.2, -0.15) is 0 Å². The second-order valence-electron chi connectivity index (χ2n) is 6.54. The maximum absolute atomic E-state index is 12.2. The largest absolute Gasteiger partial charge is 0.449 e. The third kappa shape index (κ3) is 6.83. The average molecular weight is 390 g/mol. The van der Waals surface area contributed by atoms with Crippen LogP contribution in [0, 0.1) is 5.92 Å². The number of carbonyl (C=O) groups is 2. The highest BCUT2D eigenvalue weighted by molar-refractivity contribution is 6.31. The second kappa shape index (κ2) is 9.83. The predicted octanol–water partition coefficient (Wildman–Crippen LogP) is 5.43. The summed E-state index contributed by atoms with van der Waals surface area (Å²) in [6, 6.07) is 13.5. The Morgan fingerprint density at radius 3 is 2.33 bits per heavy atom. The van der Waals surface area contributed by atoms with Crippen molar-refractivity contribution in [2.45, 2.75) is 26.8 Å². The van der Waals surface area contributed by atoms with Crippen LogP contribution in [0.15, 0.2) is 48.5 Å². The van der Waals surface area contributed by atoms with Gasteiger partial charge in [0.25, 0.3) is 0 Å². The third-order valence-corrected chi connectivity index (χ3v) is 3.98. The Morgan fingerprint density at radius 2 is 1.67 bits per heavy atom. The summed E-state index contributed by atoms with van der Waals surface area (Å²) < 4.78 is 5.08. The third-order valence-electron chi connectivity index (χ3n) is 3.63. The van der Waals surface area contributed by atoms with Crippen molar-refractivity contribution >= 4 is 35.1 Å². The van der Waals surface area contributed by atoms with Gasteiger partial charge in [-0.25, -0.2) is 9.59 Å². The first kappa shape index (κ1) is 20.6. The Bertz CT molecular complexity index is 796. The first-order valence-corrected chi connectivity index (χ1v) is 9.08. The number of benzene rings is 2. The van der Waals surface area contributed by atoms with Gasteiger partial charge in [-0.15, -0.1) is 0 Å². The van der Waals surface area contributed by atoms with E-state index in [9.17, 15) is 9.59 Å². The maximum Gasteiger partial charge on any atom is 0.411 e. The van der Waals surface area contributed by atoms with E-state index in [2.05, 4.69) is 16.0 Å². The van der Waals surface area contributed by atoms with Crippen molar-refractivity contribution in [3.05, 3.63) is 59.1 Å². The molecule has 0 aromatic heterocycles. The fraction of sp³-hybridized carbons (Fsp3) is 0.300. The van der Waals surface area contributed by atoms with E-state index < -0.39 is 6.09 Å². The lowest BCUT2D eigenvalue weighted by atomic mass is 10.1. The SMILES string of the molecule is CC(C)COC(=O)Nc1cccc(NC(=O)NC(C)c2ccccc2Cl)c1. The lowest BCUT2D eigenvalue weighted by molar-refractivity contribution is 0.147. The van der Waals surface area contributed by atoms with E-state index in [0.717, 1.165) is 5.56 Å². The summed E-state index contributed by atoms with van der Waals surface area (Å²) >= 11 is 6.15. The summed E-state index contributed by atoms with van der Waals surface area (Å²) in [6.45, 7) is 6.11. The van der Waals surface area contributed by atoms with Crippen LogP contribution in [0.3, 0.4) is 0 Å². The number of hydrogen-bond acceptors (Lipinski definition) is 3. The number of rotatable bonds is 6. The maximum atomic E-state index is 12.2. The van der Waals surface area contributed by atoms with Crippen LogP contribution in [-0.2, 0) is 4.74 Å². The molecule has 0 saturated heterocycles. The molecule has 144 valence electrons. The van der Waals surface area contributed by atoms with E-state index in [1.165, 1.54) is 0 Å². The van der Waals surface area contributed by atoms with Crippen LogP contribution in [0.5, 0.6) is 0 Å². The molecule has 7 heteroatoms. The summed E-state index contributed by atoms with van der Waals surface area (Å²) in [6.07, 6.45) is -0.530. The smallest absolute Gasteiger partial charge is 0.411 e. The van der Waals surface area contributed by atoms with Gasteiger partial charge in [0.05, 0.1) is 12.6 Å². The molecule has 2 aromatic rings. The Balaban J connectivity index is 1.92. The molecule has 1 atom stereocenters. The van der Waals surface area contributed by atoms with Crippen molar-refractivity contribution < 1.29 is 14.3 Å². The summed E-state index contributed by atoms with van der Waals surface area (Å²) in [5, 5.41) is 8.80. The van der Waals surface area contributed by atoms with Gasteiger partial charge in [0.15, 0.2) is 0 Å². The van der Waals surface area contributed by atoms with Crippen LogP contribution >= 0.6 is 11.6 Å². The molecular weight excluding hydrogens is 366 g/mol. The average Bonchev–Trinajstić information content (AvgIpc) is 2.60. The van der Waals surface area contributed by atoms with Gasteiger partial charge in [0.1, 0.15) is 0 Å². The normalized spacial score (nSPS) is 11.6. The minimum atomic E-state index is -0.530. The van der Waals surface area contributed by atoms with E-state index in [1.807, 2.05) is 39.0 Å². The molecule has 0 aliphatic rings. The molecule has 2 rings (SSSR count). The van der Waals surface area contributed by atoms with Gasteiger partial charge < -0.3 is 15.4 Å². The van der Waals surface area contributed by atoms with Crippen LogP contribution in [0.4, 0.5) is 21.0 Å². The molecule has 0 saturated carbocycles. The van der Waals surface area contributed by atoms with Gasteiger partial charge >= 0.3 is 12.1 Å². The highest BCUT2D eigenvalue weighted by atomic mass is 35.5. The van der Waals surface area contributed by atoms with Gasteiger partial charge in [-0.3, -0.25) is 5.32 Å². The van der Waals surface area contributed by atoms with Gasteiger partial charge in [0.2, 0.25) is 0 Å². The molecular formula is C20H24ClN3O3. The molecule has 0 heterocycles. The molecule has 0 aliphatic heterocycles. The number of carbonyl (C=O) groups excluding carboxylic acids is 2. The Labute approximate surface area is 164 Å². The van der Waals surface area contributed by atoms with E-state index >= 15 is 0 Å². The highest BCUT2D eigenvalue weighted by Gasteiger charge is 2.12. The molecule has 3 amide bonds. The molecule has 2 aromatic carbocycles. The zero-order valence-corrected chi connectivity index (χ0v) is 16.3. The van der Waals surface area contributed by atoms with Crippen molar-refractivity contribution in [3.8, 4) is 0 Å². The number of ether oxygens (including phenoxy) is 1. The quantitative estimate of drug-likeness (QED) is 0.616. The van der Waals surface area contributed by atoms with Crippen molar-refractivity contribution in [2.75, 3.05) is 17.2 Å². The topological polar surface area (TPSA) is 79.5 Å². The van der Waals surface area contributed by atoms with Crippen molar-refractivity contribution in [3.63, 3.8) is 0 Å². The summed E-state index contributed by atoms with van der Waals surface area (Å²) in [7, 11) is 0. The van der Waals surface area contributed by atoms with Crippen LogP contribution in [0.1, 0.15) is 32.4 Å². The number of halogens is 1. The van der Waals surface area contributed by atoms with E-state index in [-0.39, 0.29) is 18.0 Å². The highest BCUT2D eigenvalue weighted by Crippen LogP contribution is 2.22. The molecule has 6 nitrogen and oxygen atoms in total. The first-order chi connectivity index (χ1) is 12.8. The van der Waals surface area contributed by atoms with Crippen molar-refractivity contribution in [1.29, 1.82) is 0 Å². The van der Waals surface area contributed by atoms with Gasteiger partial charge in [-0.05, 0) is 42.7 Å². The number of urea groups is 1. The predicted molar refractivity (Wildman–Crippen MR) is 108 cm³/mol. The fourth-order valence-corrected chi connectivity index (χ4v) is 2.64. The van der Waals surface area contributed by atoms with Crippen LogP contribution in [0.2, 0.25) is 5.02 Å². The number of amides is 3. The van der Waals surface area contributed by atoms with E-state index in [4.69, 9.17) is 16.3 Å². The number of anilines is 2. The Morgan fingerprint density at radius 1 is 1.00 bits per heavy atom. The van der Waals surface area contributed by atoms with E-state index in [0.29, 0.717) is 23.0 Å². The lowest BCUT2D eigenvalue weighted by Crippen LogP contribution is -2.31. The zero-order chi connectivity index (χ0) is 19.8. The van der Waals surface area contributed by atoms with Crippen molar-refractivity contribution in [1.82, 2.24) is 5.32 Å². The van der Waals surface area contributed by atoms with Crippen LogP contribution in [-0.4, -0.2) is 18.7 Å². The monoisotopic (exact) mass is 389 g/mol. The first-order valence-electron chi connectivity index (χ1n) is 8.71. The van der Waals surface area contributed by atoms with Crippen LogP contribution < -0.4 is 16.0 Å². The van der Waals surface area contributed by atoms with E-state index in [1.54, 1.807) is 30.3 Å². The Hall–Kier alpha value is -2.73. The zero-order valence-electron chi connectivity index (χ0n) is 15.6. The lowest BCUT2D eigenvalue weighted by Gasteiger charge is -2.16. The van der Waals surface area contributed by atoms with Gasteiger partial charge in [0, 0.05) is 16.4 Å². The molecule has 27 heavy (non-hydrogen) atoms. The fourth-order valence-electron chi connectivity index (χ4n) is 2.34. The minimum Gasteiger partial charge on any atom is -0.449 e. The molecule has 1 unspecified atom stereocenters. The molecule has 0 spiro atoms. The molecule has 3 N–H and O–H groups in total. The minimum absolute atomic E-state index is 0.257.